The van der Waals surface area contributed by atoms with Gasteiger partial charge in [0.1, 0.15) is 6.04 Å². The number of carbonyl (C=O) groups excluding carboxylic acids is 2. The molecule has 1 aliphatic heterocycles. The van der Waals surface area contributed by atoms with Crippen LogP contribution in [-0.2, 0) is 14.3 Å². The van der Waals surface area contributed by atoms with Crippen LogP contribution in [0.4, 0.5) is 0 Å². The molecule has 12 heavy (non-hydrogen) atoms. The SMILES string of the molecule is C=CC(=O)OC(=O)[C@@H]1CCCN1. The van der Waals surface area contributed by atoms with Crippen LogP contribution in [0.25, 0.3) is 0 Å². The molecule has 1 aliphatic rings. The van der Waals surface area contributed by atoms with Gasteiger partial charge in [0, 0.05) is 6.08 Å². The van der Waals surface area contributed by atoms with Gasteiger partial charge in [-0.2, -0.15) is 0 Å². The zero-order valence-corrected chi connectivity index (χ0v) is 6.71. The van der Waals surface area contributed by atoms with Crippen LogP contribution in [-0.4, -0.2) is 24.5 Å². The maximum Gasteiger partial charge on any atom is 0.337 e. The number of carbonyl (C=O) groups is 2. The van der Waals surface area contributed by atoms with Crippen LogP contribution >= 0.6 is 0 Å². The van der Waals surface area contributed by atoms with Crippen LogP contribution in [0.3, 0.4) is 0 Å². The molecule has 0 radical (unpaired) electrons. The summed E-state index contributed by atoms with van der Waals surface area (Å²) in [6.07, 6.45) is 2.66. The predicted molar refractivity (Wildman–Crippen MR) is 42.3 cm³/mol. The van der Waals surface area contributed by atoms with Gasteiger partial charge in [-0.25, -0.2) is 9.59 Å². The molecule has 0 aromatic heterocycles. The van der Waals surface area contributed by atoms with Crippen molar-refractivity contribution < 1.29 is 14.3 Å². The number of nitrogens with one attached hydrogen (secondary N) is 1. The average molecular weight is 169 g/mol. The van der Waals surface area contributed by atoms with E-state index in [2.05, 4.69) is 16.6 Å². The third-order valence-corrected chi connectivity index (χ3v) is 1.71. The van der Waals surface area contributed by atoms with E-state index in [1.165, 1.54) is 0 Å². The fourth-order valence-electron chi connectivity index (χ4n) is 1.10. The van der Waals surface area contributed by atoms with Crippen molar-refractivity contribution in [3.8, 4) is 0 Å². The molecule has 1 fully saturated rings. The fourth-order valence-corrected chi connectivity index (χ4v) is 1.10. The molecular weight excluding hydrogens is 158 g/mol. The maximum atomic E-state index is 11.1. The minimum absolute atomic E-state index is 0.311. The highest BCUT2D eigenvalue weighted by Crippen LogP contribution is 2.06. The Morgan fingerprint density at radius 1 is 1.58 bits per heavy atom. The third-order valence-electron chi connectivity index (χ3n) is 1.71. The van der Waals surface area contributed by atoms with E-state index in [-0.39, 0.29) is 6.04 Å². The maximum absolute atomic E-state index is 11.1. The van der Waals surface area contributed by atoms with Crippen molar-refractivity contribution in [2.45, 2.75) is 18.9 Å². The minimum Gasteiger partial charge on any atom is -0.389 e. The van der Waals surface area contributed by atoms with Crippen molar-refractivity contribution >= 4 is 11.9 Å². The number of ether oxygens (including phenoxy) is 1. The molecular formula is C8H11NO3. The van der Waals surface area contributed by atoms with Crippen LogP contribution in [0, 0.1) is 0 Å². The fraction of sp³-hybridized carbons (Fsp3) is 0.500. The van der Waals surface area contributed by atoms with Crippen molar-refractivity contribution in [3.05, 3.63) is 12.7 Å². The average Bonchev–Trinajstić information content (AvgIpc) is 2.56. The second-order valence-corrected chi connectivity index (χ2v) is 2.59. The number of esters is 2. The van der Waals surface area contributed by atoms with Gasteiger partial charge >= 0.3 is 11.9 Å². The largest absolute Gasteiger partial charge is 0.389 e. The van der Waals surface area contributed by atoms with Gasteiger partial charge in [-0.3, -0.25) is 0 Å². The summed E-state index contributed by atoms with van der Waals surface area (Å²) >= 11 is 0. The van der Waals surface area contributed by atoms with Gasteiger partial charge in [-0.15, -0.1) is 0 Å². The Labute approximate surface area is 70.6 Å². The Kier molecular flexibility index (Phi) is 2.99. The molecule has 0 aliphatic carbocycles. The van der Waals surface area contributed by atoms with E-state index in [1.54, 1.807) is 0 Å². The van der Waals surface area contributed by atoms with Gasteiger partial charge in [-0.1, -0.05) is 6.58 Å². The second kappa shape index (κ2) is 4.01. The van der Waals surface area contributed by atoms with E-state index >= 15 is 0 Å². The van der Waals surface area contributed by atoms with Gasteiger partial charge in [0.25, 0.3) is 0 Å². The predicted octanol–water partition coefficient (Wildman–Crippen LogP) is -0.00580. The first kappa shape index (κ1) is 8.93. The summed E-state index contributed by atoms with van der Waals surface area (Å²) < 4.78 is 4.43. The molecule has 0 aromatic carbocycles. The van der Waals surface area contributed by atoms with Crippen LogP contribution in [0.15, 0.2) is 12.7 Å². The smallest absolute Gasteiger partial charge is 0.337 e. The highest BCUT2D eigenvalue weighted by molar-refractivity contribution is 5.93. The van der Waals surface area contributed by atoms with Crippen molar-refractivity contribution in [3.63, 3.8) is 0 Å². The first-order valence-electron chi connectivity index (χ1n) is 3.85. The van der Waals surface area contributed by atoms with Crippen LogP contribution < -0.4 is 5.32 Å². The van der Waals surface area contributed by atoms with Crippen LogP contribution in [0.2, 0.25) is 0 Å². The van der Waals surface area contributed by atoms with Gasteiger partial charge in [-0.05, 0) is 19.4 Å². The highest BCUT2D eigenvalue weighted by atomic mass is 16.6. The van der Waals surface area contributed by atoms with Crippen molar-refractivity contribution in [2.75, 3.05) is 6.54 Å². The lowest BCUT2D eigenvalue weighted by molar-refractivity contribution is -0.157. The van der Waals surface area contributed by atoms with Gasteiger partial charge in [0.05, 0.1) is 0 Å². The zero-order valence-electron chi connectivity index (χ0n) is 6.71. The van der Waals surface area contributed by atoms with E-state index in [0.29, 0.717) is 0 Å². The molecule has 4 heteroatoms. The lowest BCUT2D eigenvalue weighted by Gasteiger charge is -2.06. The van der Waals surface area contributed by atoms with E-state index < -0.39 is 11.9 Å². The van der Waals surface area contributed by atoms with Gasteiger partial charge < -0.3 is 10.1 Å². The molecule has 1 rings (SSSR count). The molecule has 0 amide bonds. The third kappa shape index (κ3) is 2.17. The standard InChI is InChI=1S/C8H11NO3/c1-2-7(10)12-8(11)6-4-3-5-9-6/h2,6,9H,1,3-5H2/t6-/m0/s1. The summed E-state index contributed by atoms with van der Waals surface area (Å²) in [5, 5.41) is 2.92. The molecule has 0 saturated carbocycles. The van der Waals surface area contributed by atoms with E-state index in [1.807, 2.05) is 0 Å². The van der Waals surface area contributed by atoms with E-state index in [0.717, 1.165) is 25.5 Å². The Morgan fingerprint density at radius 3 is 2.83 bits per heavy atom. The Morgan fingerprint density at radius 2 is 2.33 bits per heavy atom. The summed E-state index contributed by atoms with van der Waals surface area (Å²) in [6.45, 7) is 4.00. The summed E-state index contributed by atoms with van der Waals surface area (Å²) in [5.41, 5.74) is 0. The molecule has 0 bridgehead atoms. The molecule has 0 unspecified atom stereocenters. The Bertz CT molecular complexity index is 206. The van der Waals surface area contributed by atoms with Crippen molar-refractivity contribution in [2.24, 2.45) is 0 Å². The molecule has 1 N–H and O–H groups in total. The number of hydrogen-bond acceptors (Lipinski definition) is 4. The zero-order chi connectivity index (χ0) is 8.97. The normalized spacial score (nSPS) is 21.8. The lowest BCUT2D eigenvalue weighted by atomic mass is 10.2. The highest BCUT2D eigenvalue weighted by Gasteiger charge is 2.24. The minimum atomic E-state index is -0.686. The molecule has 0 spiro atoms. The lowest BCUT2D eigenvalue weighted by Crippen LogP contribution is -2.33. The number of rotatable bonds is 2. The Balaban J connectivity index is 2.36. The molecule has 1 atom stereocenters. The van der Waals surface area contributed by atoms with E-state index in [9.17, 15) is 9.59 Å². The van der Waals surface area contributed by atoms with Crippen molar-refractivity contribution in [1.82, 2.24) is 5.32 Å². The van der Waals surface area contributed by atoms with Gasteiger partial charge in [0.2, 0.25) is 0 Å². The van der Waals surface area contributed by atoms with Gasteiger partial charge in [0.15, 0.2) is 0 Å². The number of hydrogen-bond donors (Lipinski definition) is 1. The topological polar surface area (TPSA) is 55.4 Å². The molecule has 1 heterocycles. The molecule has 4 nitrogen and oxygen atoms in total. The molecule has 66 valence electrons. The summed E-state index contributed by atoms with van der Waals surface area (Å²) in [6, 6.07) is -0.311. The monoisotopic (exact) mass is 169 g/mol. The molecule has 1 saturated heterocycles. The van der Waals surface area contributed by atoms with E-state index in [4.69, 9.17) is 0 Å². The second-order valence-electron chi connectivity index (χ2n) is 2.59. The summed E-state index contributed by atoms with van der Waals surface area (Å²) in [5.74, 6) is -1.19. The van der Waals surface area contributed by atoms with Crippen LogP contribution in [0.5, 0.6) is 0 Å². The van der Waals surface area contributed by atoms with Crippen LogP contribution in [0.1, 0.15) is 12.8 Å². The quantitative estimate of drug-likeness (QED) is 0.359. The first-order chi connectivity index (χ1) is 5.74. The van der Waals surface area contributed by atoms with Crippen molar-refractivity contribution in [1.29, 1.82) is 0 Å². The summed E-state index contributed by atoms with van der Waals surface area (Å²) in [4.78, 5) is 21.7. The Hall–Kier alpha value is -1.16. The first-order valence-corrected chi connectivity index (χ1v) is 3.85. The molecule has 0 aromatic rings. The summed E-state index contributed by atoms with van der Waals surface area (Å²) in [7, 11) is 0.